The van der Waals surface area contributed by atoms with Crippen LogP contribution in [-0.4, -0.2) is 19.9 Å². The molecule has 0 fully saturated rings. The molecule has 17 aromatic rings. The summed E-state index contributed by atoms with van der Waals surface area (Å²) in [7, 11) is 0. The topological polar surface area (TPSA) is 51.6 Å². The van der Waals surface area contributed by atoms with Crippen molar-refractivity contribution in [1.82, 2.24) is 19.9 Å². The average Bonchev–Trinajstić information content (AvgIpc) is 2.39. The number of hydrogen-bond donors (Lipinski definition) is 0. The van der Waals surface area contributed by atoms with Crippen molar-refractivity contribution in [1.29, 1.82) is 0 Å². The van der Waals surface area contributed by atoms with Crippen molar-refractivity contribution < 1.29 is 0 Å². The highest BCUT2D eigenvalue weighted by atomic mass is 14.9. The van der Waals surface area contributed by atoms with Crippen LogP contribution in [-0.2, 0) is 0 Å². The normalized spacial score (nSPS) is 11.6. The highest BCUT2D eigenvalue weighted by Crippen LogP contribution is 2.49. The third-order valence-corrected chi connectivity index (χ3v) is 17.6. The van der Waals surface area contributed by atoms with Gasteiger partial charge in [0.05, 0.1) is 44.8 Å². The Kier molecular flexibility index (Phi) is 12.2. The molecule has 3 aromatic heterocycles. The zero-order valence-corrected chi connectivity index (χ0v) is 47.8. The fraction of sp³-hybridized carbons (Fsp3) is 0. The maximum Gasteiger partial charge on any atom is 0.0973 e. The third kappa shape index (κ3) is 8.85. The van der Waals surface area contributed by atoms with Crippen LogP contribution >= 0.6 is 0 Å². The molecular formula is C84H52N4. The van der Waals surface area contributed by atoms with Crippen molar-refractivity contribution >= 4 is 75.9 Å². The van der Waals surface area contributed by atoms with E-state index in [1.54, 1.807) is 0 Å². The molecule has 0 spiro atoms. The van der Waals surface area contributed by atoms with Crippen molar-refractivity contribution in [3.8, 4) is 101 Å². The first kappa shape index (κ1) is 50.8. The Morgan fingerprint density at radius 3 is 1.25 bits per heavy atom. The minimum Gasteiger partial charge on any atom is -0.248 e. The lowest BCUT2D eigenvalue weighted by Crippen LogP contribution is -2.00. The van der Waals surface area contributed by atoms with Gasteiger partial charge in [0.15, 0.2) is 0 Å². The molecule has 0 bridgehead atoms. The van der Waals surface area contributed by atoms with Crippen LogP contribution in [0.1, 0.15) is 0 Å². The average molecular weight is 1120 g/mol. The highest BCUT2D eigenvalue weighted by Gasteiger charge is 2.23. The van der Waals surface area contributed by atoms with Crippen molar-refractivity contribution in [3.05, 3.63) is 315 Å². The van der Waals surface area contributed by atoms with Gasteiger partial charge in [-0.15, -0.1) is 0 Å². The van der Waals surface area contributed by atoms with Crippen LogP contribution in [0, 0.1) is 0 Å². The first-order valence-electron chi connectivity index (χ1n) is 30.0. The number of hydrogen-bond acceptors (Lipinski definition) is 4. The highest BCUT2D eigenvalue weighted by molar-refractivity contribution is 6.17. The zero-order valence-electron chi connectivity index (χ0n) is 47.8. The molecule has 0 N–H and O–H groups in total. The SMILES string of the molecule is c1ccc(-c2nc(-c3ccccc3)c(-c3ccc(-c4ccc5cc6c(ccc7ccccc76)nc5c4)cc3)nc2-c2ccccc2)cc1.c1ccc2nc3cc(-c4ccc(-c5ccc6c(c5)-c5cccc7cccc-6c57)cc4)c4ccccc4c3cc2c1. The minimum absolute atomic E-state index is 0.852. The predicted molar refractivity (Wildman–Crippen MR) is 369 cm³/mol. The van der Waals surface area contributed by atoms with Gasteiger partial charge in [-0.3, -0.25) is 0 Å². The van der Waals surface area contributed by atoms with Gasteiger partial charge < -0.3 is 0 Å². The number of para-hydroxylation sites is 1. The molecule has 1 aliphatic carbocycles. The summed E-state index contributed by atoms with van der Waals surface area (Å²) in [5.74, 6) is 0. The maximum absolute atomic E-state index is 5.39. The molecule has 4 nitrogen and oxygen atoms in total. The summed E-state index contributed by atoms with van der Waals surface area (Å²) >= 11 is 0. The maximum atomic E-state index is 5.39. The molecule has 0 saturated carbocycles. The van der Waals surface area contributed by atoms with E-state index in [0.29, 0.717) is 0 Å². The Hall–Kier alpha value is -11.7. The van der Waals surface area contributed by atoms with Crippen molar-refractivity contribution in [3.63, 3.8) is 0 Å². The van der Waals surface area contributed by atoms with Gasteiger partial charge in [-0.05, 0) is 130 Å². The van der Waals surface area contributed by atoms with Gasteiger partial charge in [0.1, 0.15) is 0 Å². The van der Waals surface area contributed by atoms with E-state index in [-0.39, 0.29) is 0 Å². The number of benzene rings is 14. The second-order valence-corrected chi connectivity index (χ2v) is 22.8. The molecule has 0 radical (unpaired) electrons. The van der Waals surface area contributed by atoms with Crippen LogP contribution in [0.25, 0.3) is 177 Å². The summed E-state index contributed by atoms with van der Waals surface area (Å²) in [4.78, 5) is 20.9. The number of aromatic nitrogens is 4. The lowest BCUT2D eigenvalue weighted by Gasteiger charge is -2.16. The van der Waals surface area contributed by atoms with E-state index in [1.807, 2.05) is 30.3 Å². The van der Waals surface area contributed by atoms with E-state index in [1.165, 1.54) is 93.0 Å². The molecule has 14 aromatic carbocycles. The Morgan fingerprint density at radius 1 is 0.159 bits per heavy atom. The summed E-state index contributed by atoms with van der Waals surface area (Å²) in [6.07, 6.45) is 0. The van der Waals surface area contributed by atoms with Crippen LogP contribution in [0.15, 0.2) is 315 Å². The van der Waals surface area contributed by atoms with E-state index in [9.17, 15) is 0 Å². The summed E-state index contributed by atoms with van der Waals surface area (Å²) in [5.41, 5.74) is 24.1. The number of fused-ring (bicyclic) bond motifs is 11. The van der Waals surface area contributed by atoms with Gasteiger partial charge in [-0.25, -0.2) is 19.9 Å². The first-order valence-corrected chi connectivity index (χ1v) is 30.0. The van der Waals surface area contributed by atoms with E-state index < -0.39 is 0 Å². The third-order valence-electron chi connectivity index (χ3n) is 17.6. The summed E-state index contributed by atoms with van der Waals surface area (Å²) in [6.45, 7) is 0. The molecule has 0 unspecified atom stereocenters. The molecule has 408 valence electrons. The number of pyridine rings is 2. The standard InChI is InChI=1S/C45H29N3.C39H23N/c1-4-13-32(14-5-1)42-43(33-15-6-2-7-16-33)48-45(44(47-42)34-17-8-3-9-18-34)35-22-20-30(21-23-35)36-24-25-37-28-39-38-19-11-10-12-31(38)26-27-40(39)46-41(37)29-36;1-4-14-37-28(7-1)22-36-30-11-3-2-10-29(30)34(23-38(36)40-37)25-17-15-24(16-18-25)27-19-20-31-32-12-5-8-26-9-6-13-33(39(26)32)35(31)21-27/h1-29H;1-23H. The summed E-state index contributed by atoms with van der Waals surface area (Å²) < 4.78 is 0. The quantitative estimate of drug-likeness (QED) is 0.118. The molecule has 88 heavy (non-hydrogen) atoms. The van der Waals surface area contributed by atoms with Gasteiger partial charge in [-0.1, -0.05) is 273 Å². The van der Waals surface area contributed by atoms with Crippen LogP contribution in [0.3, 0.4) is 0 Å². The van der Waals surface area contributed by atoms with E-state index in [2.05, 4.69) is 285 Å². The minimum atomic E-state index is 0.852. The summed E-state index contributed by atoms with van der Waals surface area (Å²) in [6, 6.07) is 112. The fourth-order valence-electron chi connectivity index (χ4n) is 13.3. The second-order valence-electron chi connectivity index (χ2n) is 22.8. The van der Waals surface area contributed by atoms with E-state index >= 15 is 0 Å². The van der Waals surface area contributed by atoms with Crippen LogP contribution in [0.5, 0.6) is 0 Å². The van der Waals surface area contributed by atoms with Gasteiger partial charge in [-0.2, -0.15) is 0 Å². The molecular weight excluding hydrogens is 1060 g/mol. The Labute approximate surface area is 509 Å². The zero-order chi connectivity index (χ0) is 58.1. The van der Waals surface area contributed by atoms with Crippen molar-refractivity contribution in [2.24, 2.45) is 0 Å². The molecule has 0 atom stereocenters. The van der Waals surface area contributed by atoms with E-state index in [0.717, 1.165) is 83.6 Å². The second kappa shape index (κ2) is 21.1. The molecule has 0 saturated heterocycles. The predicted octanol–water partition coefficient (Wildman–Crippen LogP) is 22.3. The Morgan fingerprint density at radius 2 is 0.602 bits per heavy atom. The lowest BCUT2D eigenvalue weighted by molar-refractivity contribution is 1.21. The van der Waals surface area contributed by atoms with Crippen LogP contribution < -0.4 is 0 Å². The monoisotopic (exact) mass is 1120 g/mol. The lowest BCUT2D eigenvalue weighted by atomic mass is 9.92. The fourth-order valence-corrected chi connectivity index (χ4v) is 13.3. The molecule has 3 heterocycles. The van der Waals surface area contributed by atoms with Gasteiger partial charge >= 0.3 is 0 Å². The number of nitrogens with zero attached hydrogens (tertiary/aromatic N) is 4. The first-order chi connectivity index (χ1) is 43.6. The molecule has 0 aliphatic heterocycles. The smallest absolute Gasteiger partial charge is 0.0973 e. The summed E-state index contributed by atoms with van der Waals surface area (Å²) in [5, 5.41) is 12.3. The molecule has 0 amide bonds. The molecule has 1 aliphatic rings. The van der Waals surface area contributed by atoms with Gasteiger partial charge in [0.2, 0.25) is 0 Å². The van der Waals surface area contributed by atoms with Gasteiger partial charge in [0.25, 0.3) is 0 Å². The van der Waals surface area contributed by atoms with Crippen molar-refractivity contribution in [2.45, 2.75) is 0 Å². The van der Waals surface area contributed by atoms with Crippen molar-refractivity contribution in [2.75, 3.05) is 0 Å². The number of rotatable bonds is 7. The van der Waals surface area contributed by atoms with Crippen LogP contribution in [0.4, 0.5) is 0 Å². The van der Waals surface area contributed by atoms with E-state index in [4.69, 9.17) is 19.9 Å². The largest absolute Gasteiger partial charge is 0.248 e. The van der Waals surface area contributed by atoms with Gasteiger partial charge in [0, 0.05) is 43.8 Å². The van der Waals surface area contributed by atoms with Crippen LogP contribution in [0.2, 0.25) is 0 Å². The molecule has 4 heteroatoms. The Balaban J connectivity index is 0.000000139. The molecule has 18 rings (SSSR count). The Bertz CT molecular complexity index is 5580.